The number of amides is 4. The number of hydrogen-bond acceptors (Lipinski definition) is 7. The molecule has 1 aromatic heterocycles. The Hall–Kier alpha value is -3.05. The number of pyridine rings is 1. The van der Waals surface area contributed by atoms with Gasteiger partial charge in [0.2, 0.25) is 11.8 Å². The van der Waals surface area contributed by atoms with Crippen LogP contribution < -0.4 is 25.6 Å². The molecule has 0 spiro atoms. The summed E-state index contributed by atoms with van der Waals surface area (Å²) in [5.41, 5.74) is 2.40. The van der Waals surface area contributed by atoms with E-state index in [1.807, 2.05) is 17.9 Å². The van der Waals surface area contributed by atoms with Gasteiger partial charge in [-0.15, -0.1) is 0 Å². The van der Waals surface area contributed by atoms with Crippen LogP contribution in [-0.4, -0.2) is 70.9 Å². The highest BCUT2D eigenvalue weighted by Gasteiger charge is 2.52. The van der Waals surface area contributed by atoms with Crippen molar-refractivity contribution in [3.63, 3.8) is 0 Å². The quantitative estimate of drug-likeness (QED) is 0.477. The van der Waals surface area contributed by atoms with Crippen LogP contribution in [0.15, 0.2) is 35.5 Å². The van der Waals surface area contributed by atoms with Gasteiger partial charge in [0.05, 0.1) is 28.2 Å². The van der Waals surface area contributed by atoms with Gasteiger partial charge in [-0.25, -0.2) is 9.78 Å². The summed E-state index contributed by atoms with van der Waals surface area (Å²) in [5, 5.41) is 9.71. The van der Waals surface area contributed by atoms with E-state index in [-0.39, 0.29) is 47.3 Å². The van der Waals surface area contributed by atoms with Crippen molar-refractivity contribution in [2.24, 2.45) is 5.92 Å². The number of nitrogens with one attached hydrogen (secondary N) is 3. The van der Waals surface area contributed by atoms with Crippen molar-refractivity contribution in [3.8, 4) is 5.88 Å². The maximum absolute atomic E-state index is 13.5. The van der Waals surface area contributed by atoms with Crippen molar-refractivity contribution in [1.29, 1.82) is 0 Å². The fourth-order valence-electron chi connectivity index (χ4n) is 6.08. The topological polar surface area (TPSA) is 116 Å². The molecule has 4 amide bonds. The molecule has 1 saturated carbocycles. The number of thioether (sulfide) groups is 1. The molecule has 10 nitrogen and oxygen atoms in total. The molecule has 0 bridgehead atoms. The van der Waals surface area contributed by atoms with Crippen molar-refractivity contribution in [3.05, 3.63) is 41.1 Å². The monoisotopic (exact) mass is 538 g/mol. The van der Waals surface area contributed by atoms with Gasteiger partial charge in [-0.1, -0.05) is 18.3 Å². The minimum Gasteiger partial charge on any atom is -0.474 e. The third-order valence-electron chi connectivity index (χ3n) is 8.25. The lowest BCUT2D eigenvalue weighted by Crippen LogP contribution is -2.62. The van der Waals surface area contributed by atoms with E-state index in [1.54, 1.807) is 11.1 Å². The number of anilines is 1. The molecule has 4 fully saturated rings. The Morgan fingerprint density at radius 1 is 1.26 bits per heavy atom. The van der Waals surface area contributed by atoms with Crippen molar-refractivity contribution < 1.29 is 19.1 Å². The molecular weight excluding hydrogens is 504 g/mol. The van der Waals surface area contributed by atoms with E-state index < -0.39 is 0 Å². The summed E-state index contributed by atoms with van der Waals surface area (Å²) in [6, 6.07) is 1.45. The van der Waals surface area contributed by atoms with E-state index in [2.05, 4.69) is 27.5 Å². The molecule has 3 unspecified atom stereocenters. The van der Waals surface area contributed by atoms with E-state index in [4.69, 9.17) is 4.74 Å². The van der Waals surface area contributed by atoms with Crippen LogP contribution in [-0.2, 0) is 9.59 Å². The van der Waals surface area contributed by atoms with E-state index in [0.717, 1.165) is 49.9 Å². The predicted molar refractivity (Wildman–Crippen MR) is 144 cm³/mol. The SMILES string of the molecule is C=CC(=O)N1CCC[C@@H](NC(=O)C2=C3NC(=O)N(c4cnc(OC5CCC5)cc4C)C4CCNC(S2)C34)C1. The smallest absolute Gasteiger partial charge is 0.326 e. The number of nitrogens with zero attached hydrogens (tertiary/aromatic N) is 3. The zero-order chi connectivity index (χ0) is 26.4. The summed E-state index contributed by atoms with van der Waals surface area (Å²) in [7, 11) is 0. The number of hydrogen-bond donors (Lipinski definition) is 3. The number of aromatic nitrogens is 1. The Balaban J connectivity index is 1.21. The number of aryl methyl sites for hydroxylation is 1. The zero-order valence-corrected chi connectivity index (χ0v) is 22.4. The summed E-state index contributed by atoms with van der Waals surface area (Å²) < 4.78 is 5.96. The first-order chi connectivity index (χ1) is 18.4. The molecule has 38 heavy (non-hydrogen) atoms. The first-order valence-electron chi connectivity index (χ1n) is 13.5. The molecule has 1 aromatic rings. The minimum atomic E-state index is -0.243. The molecule has 4 atom stereocenters. The molecule has 6 rings (SSSR count). The Bertz CT molecular complexity index is 1200. The van der Waals surface area contributed by atoms with Crippen molar-refractivity contribution in [1.82, 2.24) is 25.8 Å². The molecule has 5 heterocycles. The summed E-state index contributed by atoms with van der Waals surface area (Å²) in [6.07, 6.45) is 9.00. The van der Waals surface area contributed by atoms with E-state index in [0.29, 0.717) is 29.6 Å². The van der Waals surface area contributed by atoms with E-state index >= 15 is 0 Å². The van der Waals surface area contributed by atoms with Gasteiger partial charge in [0, 0.05) is 36.8 Å². The van der Waals surface area contributed by atoms with E-state index in [9.17, 15) is 14.4 Å². The predicted octanol–water partition coefficient (Wildman–Crippen LogP) is 2.41. The molecule has 4 aliphatic heterocycles. The third-order valence-corrected chi connectivity index (χ3v) is 9.60. The minimum absolute atomic E-state index is 0.00714. The Kier molecular flexibility index (Phi) is 6.81. The van der Waals surface area contributed by atoms with Gasteiger partial charge in [0.1, 0.15) is 6.10 Å². The number of carbonyl (C=O) groups is 3. The fourth-order valence-corrected chi connectivity index (χ4v) is 7.48. The average molecular weight is 539 g/mol. The van der Waals surface area contributed by atoms with Gasteiger partial charge in [-0.2, -0.15) is 0 Å². The standard InChI is InChI=1S/C27H34N6O4S/c1-3-21(34)32-11-5-6-16(14-32)30-25(35)24-23-22-18(9-10-28-26(22)38-24)33(27(36)31-23)19-13-29-20(12-15(19)2)37-17-7-4-8-17/h3,12-13,16-18,22,26,28H,1,4-11,14H2,2H3,(H,30,35)(H,31,36)/t16-,18?,22?,26?/m1/s1. The highest BCUT2D eigenvalue weighted by molar-refractivity contribution is 8.04. The molecule has 3 saturated heterocycles. The molecule has 5 aliphatic rings. The first-order valence-corrected chi connectivity index (χ1v) is 14.4. The van der Waals surface area contributed by atoms with Crippen molar-refractivity contribution in [2.45, 2.75) is 69.0 Å². The zero-order valence-electron chi connectivity index (χ0n) is 21.6. The number of ether oxygens (including phenoxy) is 1. The molecule has 11 heteroatoms. The van der Waals surface area contributed by atoms with Crippen molar-refractivity contribution in [2.75, 3.05) is 24.5 Å². The molecule has 202 valence electrons. The number of rotatable bonds is 6. The van der Waals surface area contributed by atoms with Crippen LogP contribution in [0, 0.1) is 12.8 Å². The third kappa shape index (κ3) is 4.55. The Morgan fingerprint density at radius 3 is 2.84 bits per heavy atom. The number of piperidine rings is 2. The second-order valence-electron chi connectivity index (χ2n) is 10.7. The van der Waals surface area contributed by atoms with Crippen LogP contribution in [0.3, 0.4) is 0 Å². The fraction of sp³-hybridized carbons (Fsp3) is 0.556. The Morgan fingerprint density at radius 2 is 2.11 bits per heavy atom. The first kappa shape index (κ1) is 25.2. The molecule has 1 aliphatic carbocycles. The number of urea groups is 1. The molecular formula is C27H34N6O4S. The molecule has 3 N–H and O–H groups in total. The maximum atomic E-state index is 13.5. The van der Waals surface area contributed by atoms with Gasteiger partial charge < -0.3 is 25.6 Å². The highest BCUT2D eigenvalue weighted by Crippen LogP contribution is 2.48. The van der Waals surface area contributed by atoms with Crippen molar-refractivity contribution >= 4 is 35.3 Å². The van der Waals surface area contributed by atoms with Crippen LogP contribution >= 0.6 is 11.8 Å². The van der Waals surface area contributed by atoms with Crippen LogP contribution in [0.2, 0.25) is 0 Å². The average Bonchev–Trinajstić information content (AvgIpc) is 3.26. The Labute approximate surface area is 226 Å². The lowest BCUT2D eigenvalue weighted by Gasteiger charge is -2.46. The molecule has 0 aromatic carbocycles. The second kappa shape index (κ2) is 10.3. The number of likely N-dealkylation sites (tertiary alicyclic amines) is 1. The van der Waals surface area contributed by atoms with Gasteiger partial charge in [0.25, 0.3) is 5.91 Å². The maximum Gasteiger partial charge on any atom is 0.326 e. The van der Waals surface area contributed by atoms with Gasteiger partial charge in [-0.3, -0.25) is 14.5 Å². The van der Waals surface area contributed by atoms with Crippen LogP contribution in [0.25, 0.3) is 0 Å². The second-order valence-corrected chi connectivity index (χ2v) is 11.8. The van der Waals surface area contributed by atoms with Crippen LogP contribution in [0.4, 0.5) is 10.5 Å². The summed E-state index contributed by atoms with van der Waals surface area (Å²) >= 11 is 1.48. The van der Waals surface area contributed by atoms with Gasteiger partial charge >= 0.3 is 6.03 Å². The van der Waals surface area contributed by atoms with Crippen LogP contribution in [0.5, 0.6) is 5.88 Å². The highest BCUT2D eigenvalue weighted by atomic mass is 32.2. The number of carbonyl (C=O) groups excluding carboxylic acids is 3. The summed E-state index contributed by atoms with van der Waals surface area (Å²) in [5.74, 6) is 0.250. The summed E-state index contributed by atoms with van der Waals surface area (Å²) in [6.45, 7) is 7.44. The summed E-state index contributed by atoms with van der Waals surface area (Å²) in [4.78, 5) is 47.6. The normalized spacial score (nSPS) is 28.8. The van der Waals surface area contributed by atoms with Gasteiger partial charge in [-0.05, 0) is 63.6 Å². The largest absolute Gasteiger partial charge is 0.474 e. The lowest BCUT2D eigenvalue weighted by atomic mass is 9.86. The molecule has 0 radical (unpaired) electrons. The lowest BCUT2D eigenvalue weighted by molar-refractivity contribution is -0.128. The van der Waals surface area contributed by atoms with Crippen LogP contribution in [0.1, 0.15) is 44.1 Å². The van der Waals surface area contributed by atoms with Gasteiger partial charge in [0.15, 0.2) is 0 Å². The van der Waals surface area contributed by atoms with E-state index in [1.165, 1.54) is 24.3 Å².